The van der Waals surface area contributed by atoms with Crippen molar-refractivity contribution in [3.63, 3.8) is 0 Å². The molecule has 1 aromatic heterocycles. The van der Waals surface area contributed by atoms with Crippen LogP contribution in [-0.2, 0) is 11.2 Å². The van der Waals surface area contributed by atoms with E-state index in [0.29, 0.717) is 24.2 Å². The molecule has 0 saturated heterocycles. The Bertz CT molecular complexity index is 485. The molecular formula is C12H15N3O3. The highest BCUT2D eigenvalue weighted by molar-refractivity contribution is 5.98. The maximum absolute atomic E-state index is 11.8. The number of hydrogen-bond donors (Lipinski definition) is 1. The molecule has 2 heterocycles. The molecule has 6 nitrogen and oxygen atoms in total. The summed E-state index contributed by atoms with van der Waals surface area (Å²) in [6.07, 6.45) is 1.27. The summed E-state index contributed by atoms with van der Waals surface area (Å²) in [7, 11) is 0. The number of hydrogen-bond acceptors (Lipinski definition) is 5. The highest BCUT2D eigenvalue weighted by Crippen LogP contribution is 2.13. The minimum Gasteiger partial charge on any atom is -0.458 e. The molecule has 96 valence electrons. The molecule has 1 aliphatic heterocycles. The second kappa shape index (κ2) is 5.12. The molecule has 1 aromatic rings. The van der Waals surface area contributed by atoms with Crippen molar-refractivity contribution in [2.45, 2.75) is 32.8 Å². The van der Waals surface area contributed by atoms with Crippen molar-refractivity contribution in [3.05, 3.63) is 23.0 Å². The van der Waals surface area contributed by atoms with Gasteiger partial charge in [-0.15, -0.1) is 5.10 Å². The van der Waals surface area contributed by atoms with Crippen LogP contribution in [0.1, 0.15) is 46.8 Å². The van der Waals surface area contributed by atoms with Gasteiger partial charge >= 0.3 is 5.97 Å². The summed E-state index contributed by atoms with van der Waals surface area (Å²) in [5, 5.41) is 10.5. The Balaban J connectivity index is 2.30. The first-order valence-electron chi connectivity index (χ1n) is 5.93. The highest BCUT2D eigenvalue weighted by Gasteiger charge is 2.20. The van der Waals surface area contributed by atoms with Crippen molar-refractivity contribution < 1.29 is 14.3 Å². The van der Waals surface area contributed by atoms with Crippen LogP contribution in [-0.4, -0.2) is 34.7 Å². The van der Waals surface area contributed by atoms with Crippen LogP contribution < -0.4 is 5.32 Å². The third-order valence-electron chi connectivity index (χ3n) is 2.54. The lowest BCUT2D eigenvalue weighted by atomic mass is 10.1. The van der Waals surface area contributed by atoms with E-state index in [1.165, 1.54) is 6.07 Å². The molecule has 0 aliphatic carbocycles. The molecule has 0 aromatic carbocycles. The molecule has 0 unspecified atom stereocenters. The van der Waals surface area contributed by atoms with Crippen LogP contribution in [0, 0.1) is 0 Å². The van der Waals surface area contributed by atoms with Gasteiger partial charge < -0.3 is 10.1 Å². The zero-order valence-corrected chi connectivity index (χ0v) is 10.4. The summed E-state index contributed by atoms with van der Waals surface area (Å²) in [4.78, 5) is 23.4. The second-order valence-electron chi connectivity index (χ2n) is 4.40. The molecule has 18 heavy (non-hydrogen) atoms. The Morgan fingerprint density at radius 3 is 2.94 bits per heavy atom. The SMILES string of the molecule is CC(C)OC(=O)c1cc2c(nn1)CCCNC2=O. The van der Waals surface area contributed by atoms with Crippen LogP contribution in [0.4, 0.5) is 0 Å². The van der Waals surface area contributed by atoms with Crippen molar-refractivity contribution >= 4 is 11.9 Å². The van der Waals surface area contributed by atoms with Gasteiger partial charge in [-0.3, -0.25) is 4.79 Å². The Morgan fingerprint density at radius 2 is 2.22 bits per heavy atom. The van der Waals surface area contributed by atoms with Gasteiger partial charge in [0.25, 0.3) is 5.91 Å². The number of rotatable bonds is 2. The van der Waals surface area contributed by atoms with Crippen LogP contribution in [0.25, 0.3) is 0 Å². The number of amides is 1. The maximum Gasteiger partial charge on any atom is 0.359 e. The van der Waals surface area contributed by atoms with Gasteiger partial charge in [-0.1, -0.05) is 0 Å². The van der Waals surface area contributed by atoms with E-state index < -0.39 is 5.97 Å². The fraction of sp³-hybridized carbons (Fsp3) is 0.500. The number of carbonyl (C=O) groups is 2. The number of nitrogens with zero attached hydrogens (tertiary/aromatic N) is 2. The molecule has 6 heteroatoms. The average molecular weight is 249 g/mol. The van der Waals surface area contributed by atoms with Gasteiger partial charge in [-0.05, 0) is 32.8 Å². The lowest BCUT2D eigenvalue weighted by Crippen LogP contribution is -2.24. The summed E-state index contributed by atoms with van der Waals surface area (Å²) >= 11 is 0. The first-order chi connectivity index (χ1) is 8.58. The maximum atomic E-state index is 11.8. The van der Waals surface area contributed by atoms with Crippen molar-refractivity contribution in [3.8, 4) is 0 Å². The van der Waals surface area contributed by atoms with Gasteiger partial charge in [-0.25, -0.2) is 4.79 Å². The highest BCUT2D eigenvalue weighted by atomic mass is 16.5. The van der Waals surface area contributed by atoms with Gasteiger partial charge in [0.15, 0.2) is 5.69 Å². The minimum absolute atomic E-state index is 0.0690. The predicted octanol–water partition coefficient (Wildman–Crippen LogP) is 0.718. The number of aryl methyl sites for hydroxylation is 1. The Labute approximate surface area is 105 Å². The van der Waals surface area contributed by atoms with Crippen LogP contribution >= 0.6 is 0 Å². The summed E-state index contributed by atoms with van der Waals surface area (Å²) in [5.41, 5.74) is 1.11. The number of nitrogens with one attached hydrogen (secondary N) is 1. The van der Waals surface area contributed by atoms with E-state index in [-0.39, 0.29) is 17.7 Å². The zero-order valence-electron chi connectivity index (χ0n) is 10.4. The van der Waals surface area contributed by atoms with Crippen LogP contribution in [0.2, 0.25) is 0 Å². The van der Waals surface area contributed by atoms with E-state index >= 15 is 0 Å². The molecule has 1 amide bonds. The number of carbonyl (C=O) groups excluding carboxylic acids is 2. The molecule has 2 rings (SSSR count). The monoisotopic (exact) mass is 249 g/mol. The molecule has 0 bridgehead atoms. The standard InChI is InChI=1S/C12H15N3O3/c1-7(2)18-12(17)10-6-8-9(14-15-10)4-3-5-13-11(8)16/h6-7H,3-5H2,1-2H3,(H,13,16). The van der Waals surface area contributed by atoms with E-state index in [1.807, 2.05) is 0 Å². The molecule has 0 radical (unpaired) electrons. The smallest absolute Gasteiger partial charge is 0.359 e. The van der Waals surface area contributed by atoms with Gasteiger partial charge in [0.2, 0.25) is 0 Å². The third-order valence-corrected chi connectivity index (χ3v) is 2.54. The van der Waals surface area contributed by atoms with Gasteiger partial charge in [0.1, 0.15) is 0 Å². The van der Waals surface area contributed by atoms with E-state index in [4.69, 9.17) is 4.74 Å². The molecule has 0 saturated carbocycles. The molecule has 0 atom stereocenters. The van der Waals surface area contributed by atoms with Gasteiger partial charge in [-0.2, -0.15) is 5.10 Å². The molecular weight excluding hydrogens is 234 g/mol. The molecule has 1 N–H and O–H groups in total. The predicted molar refractivity (Wildman–Crippen MR) is 63.2 cm³/mol. The van der Waals surface area contributed by atoms with Crippen LogP contribution in [0.15, 0.2) is 6.07 Å². The van der Waals surface area contributed by atoms with E-state index in [0.717, 1.165) is 6.42 Å². The second-order valence-corrected chi connectivity index (χ2v) is 4.40. The number of fused-ring (bicyclic) bond motifs is 1. The van der Waals surface area contributed by atoms with Crippen LogP contribution in [0.5, 0.6) is 0 Å². The summed E-state index contributed by atoms with van der Waals surface area (Å²) in [6, 6.07) is 1.45. The van der Waals surface area contributed by atoms with Crippen molar-refractivity contribution in [2.75, 3.05) is 6.54 Å². The molecule has 0 spiro atoms. The fourth-order valence-corrected chi connectivity index (χ4v) is 1.73. The number of ether oxygens (including phenoxy) is 1. The molecule has 1 aliphatic rings. The largest absolute Gasteiger partial charge is 0.458 e. The van der Waals surface area contributed by atoms with Gasteiger partial charge in [0.05, 0.1) is 17.4 Å². The normalized spacial score (nSPS) is 14.7. The fourth-order valence-electron chi connectivity index (χ4n) is 1.73. The lowest BCUT2D eigenvalue weighted by molar-refractivity contribution is 0.0369. The van der Waals surface area contributed by atoms with Gasteiger partial charge in [0, 0.05) is 6.54 Å². The average Bonchev–Trinajstić information content (AvgIpc) is 2.50. The van der Waals surface area contributed by atoms with Crippen LogP contribution in [0.3, 0.4) is 0 Å². The Hall–Kier alpha value is -1.98. The van der Waals surface area contributed by atoms with Crippen molar-refractivity contribution in [2.24, 2.45) is 0 Å². The summed E-state index contributed by atoms with van der Waals surface area (Å²) in [5.74, 6) is -0.770. The third kappa shape index (κ3) is 2.64. The van der Waals surface area contributed by atoms with E-state index in [1.54, 1.807) is 13.8 Å². The minimum atomic E-state index is -0.558. The Kier molecular flexibility index (Phi) is 3.55. The molecule has 0 fully saturated rings. The van der Waals surface area contributed by atoms with E-state index in [9.17, 15) is 9.59 Å². The van der Waals surface area contributed by atoms with E-state index in [2.05, 4.69) is 15.5 Å². The number of aromatic nitrogens is 2. The van der Waals surface area contributed by atoms with Crippen molar-refractivity contribution in [1.29, 1.82) is 0 Å². The lowest BCUT2D eigenvalue weighted by Gasteiger charge is -2.08. The quantitative estimate of drug-likeness (QED) is 0.781. The zero-order chi connectivity index (χ0) is 13.1. The summed E-state index contributed by atoms with van der Waals surface area (Å²) < 4.78 is 5.02. The number of esters is 1. The Morgan fingerprint density at radius 1 is 1.44 bits per heavy atom. The first kappa shape index (κ1) is 12.5. The topological polar surface area (TPSA) is 81.2 Å². The first-order valence-corrected chi connectivity index (χ1v) is 5.93. The summed E-state index contributed by atoms with van der Waals surface area (Å²) in [6.45, 7) is 4.12. The van der Waals surface area contributed by atoms with Crippen molar-refractivity contribution in [1.82, 2.24) is 15.5 Å².